The van der Waals surface area contributed by atoms with Crippen molar-refractivity contribution < 1.29 is 4.79 Å². The zero-order valence-corrected chi connectivity index (χ0v) is 18.7. The fraction of sp³-hybridized carbons (Fsp3) is 0.0833. The van der Waals surface area contributed by atoms with Crippen LogP contribution in [0, 0.1) is 0 Å². The number of H-pyrrole nitrogens is 2. The van der Waals surface area contributed by atoms with Gasteiger partial charge in [0.2, 0.25) is 0 Å². The molecule has 1 amide bonds. The second-order valence-corrected chi connectivity index (χ2v) is 8.11. The normalized spacial score (nSPS) is 11.0. The molecule has 5 aromatic rings. The molecule has 0 fully saturated rings. The van der Waals surface area contributed by atoms with E-state index in [0.717, 1.165) is 33.3 Å². The first-order chi connectivity index (χ1) is 16.0. The number of hydrogen-bond acceptors (Lipinski definition) is 5. The van der Waals surface area contributed by atoms with Crippen molar-refractivity contribution in [1.29, 1.82) is 0 Å². The van der Waals surface area contributed by atoms with Crippen LogP contribution in [0.5, 0.6) is 0 Å². The SMILES string of the molecule is CN(C)C(=O)c1[nH]c2cc(-c3nccc(Nc4ccc(-c5cn[nH]c5)cc4)n3)ccc2c1Cl. The molecule has 0 bridgehead atoms. The number of halogens is 1. The van der Waals surface area contributed by atoms with Crippen molar-refractivity contribution in [3.8, 4) is 22.5 Å². The van der Waals surface area contributed by atoms with Gasteiger partial charge in [-0.2, -0.15) is 5.10 Å². The Morgan fingerprint density at radius 3 is 2.55 bits per heavy atom. The van der Waals surface area contributed by atoms with E-state index in [-0.39, 0.29) is 5.91 Å². The van der Waals surface area contributed by atoms with E-state index in [9.17, 15) is 4.79 Å². The molecule has 3 N–H and O–H groups in total. The van der Waals surface area contributed by atoms with E-state index < -0.39 is 0 Å². The van der Waals surface area contributed by atoms with Gasteiger partial charge in [0.05, 0.1) is 11.2 Å². The smallest absolute Gasteiger partial charge is 0.271 e. The van der Waals surface area contributed by atoms with Crippen molar-refractivity contribution in [3.05, 3.63) is 77.8 Å². The average Bonchev–Trinajstić information content (AvgIpc) is 3.47. The number of nitrogens with zero attached hydrogens (tertiary/aromatic N) is 4. The Morgan fingerprint density at radius 2 is 1.82 bits per heavy atom. The summed E-state index contributed by atoms with van der Waals surface area (Å²) in [5, 5.41) is 11.3. The number of carbonyl (C=O) groups is 1. The molecule has 0 saturated carbocycles. The molecule has 3 heterocycles. The molecular weight excluding hydrogens is 438 g/mol. The minimum absolute atomic E-state index is 0.181. The third-order valence-electron chi connectivity index (χ3n) is 5.26. The second-order valence-electron chi connectivity index (χ2n) is 7.73. The lowest BCUT2D eigenvalue weighted by atomic mass is 10.1. The Morgan fingerprint density at radius 1 is 1.03 bits per heavy atom. The van der Waals surface area contributed by atoms with E-state index in [1.165, 1.54) is 4.90 Å². The maximum absolute atomic E-state index is 12.4. The minimum atomic E-state index is -0.181. The molecule has 0 atom stereocenters. The third kappa shape index (κ3) is 4.04. The fourth-order valence-corrected chi connectivity index (χ4v) is 3.84. The van der Waals surface area contributed by atoms with E-state index in [2.05, 4.69) is 30.5 Å². The second kappa shape index (κ2) is 8.40. The molecule has 33 heavy (non-hydrogen) atoms. The highest BCUT2D eigenvalue weighted by atomic mass is 35.5. The molecule has 0 aliphatic rings. The zero-order valence-electron chi connectivity index (χ0n) is 17.9. The molecule has 0 aliphatic heterocycles. The van der Waals surface area contributed by atoms with Gasteiger partial charge in [-0.25, -0.2) is 9.97 Å². The van der Waals surface area contributed by atoms with Gasteiger partial charge in [0, 0.05) is 54.2 Å². The van der Waals surface area contributed by atoms with Crippen LogP contribution in [0.4, 0.5) is 11.5 Å². The monoisotopic (exact) mass is 457 g/mol. The number of aromatic nitrogens is 5. The summed E-state index contributed by atoms with van der Waals surface area (Å²) >= 11 is 6.43. The van der Waals surface area contributed by atoms with E-state index in [4.69, 9.17) is 11.6 Å². The summed E-state index contributed by atoms with van der Waals surface area (Å²) < 4.78 is 0. The molecule has 8 nitrogen and oxygen atoms in total. The highest BCUT2D eigenvalue weighted by Crippen LogP contribution is 2.31. The van der Waals surface area contributed by atoms with Crippen molar-refractivity contribution in [2.45, 2.75) is 0 Å². The topological polar surface area (TPSA) is 103 Å². The predicted molar refractivity (Wildman–Crippen MR) is 130 cm³/mol. The molecule has 0 spiro atoms. The summed E-state index contributed by atoms with van der Waals surface area (Å²) in [6, 6.07) is 15.5. The molecule has 0 aliphatic carbocycles. The van der Waals surface area contributed by atoms with Crippen LogP contribution in [-0.2, 0) is 0 Å². The summed E-state index contributed by atoms with van der Waals surface area (Å²) in [7, 11) is 3.37. The molecular formula is C24H20ClN7O. The Bertz CT molecular complexity index is 1440. The van der Waals surface area contributed by atoms with Crippen LogP contribution in [0.2, 0.25) is 5.02 Å². The number of carbonyl (C=O) groups excluding carboxylic acids is 1. The molecule has 0 saturated heterocycles. The molecule has 0 unspecified atom stereocenters. The van der Waals surface area contributed by atoms with E-state index in [0.29, 0.717) is 22.4 Å². The van der Waals surface area contributed by atoms with Crippen LogP contribution in [0.3, 0.4) is 0 Å². The first kappa shape index (κ1) is 20.7. The summed E-state index contributed by atoms with van der Waals surface area (Å²) in [5.41, 5.74) is 4.93. The zero-order chi connectivity index (χ0) is 22.9. The highest BCUT2D eigenvalue weighted by molar-refractivity contribution is 6.38. The Kier molecular flexibility index (Phi) is 5.27. The Hall–Kier alpha value is -4.17. The van der Waals surface area contributed by atoms with Crippen molar-refractivity contribution in [3.63, 3.8) is 0 Å². The molecule has 2 aromatic carbocycles. The van der Waals surface area contributed by atoms with Crippen molar-refractivity contribution >= 4 is 39.9 Å². The molecule has 0 radical (unpaired) electrons. The number of aromatic amines is 2. The molecule has 3 aromatic heterocycles. The maximum Gasteiger partial charge on any atom is 0.271 e. The summed E-state index contributed by atoms with van der Waals surface area (Å²) in [6.07, 6.45) is 5.34. The first-order valence-corrected chi connectivity index (χ1v) is 10.6. The van der Waals surface area contributed by atoms with Crippen molar-refractivity contribution in [2.75, 3.05) is 19.4 Å². The third-order valence-corrected chi connectivity index (χ3v) is 5.65. The molecule has 9 heteroatoms. The summed E-state index contributed by atoms with van der Waals surface area (Å²) in [4.78, 5) is 26.0. The van der Waals surface area contributed by atoms with Gasteiger partial charge in [-0.1, -0.05) is 35.9 Å². The van der Waals surface area contributed by atoms with Crippen LogP contribution in [0.1, 0.15) is 10.5 Å². The maximum atomic E-state index is 12.4. The van der Waals surface area contributed by atoms with Gasteiger partial charge in [-0.05, 0) is 29.8 Å². The average molecular weight is 458 g/mol. The Balaban J connectivity index is 1.41. The van der Waals surface area contributed by atoms with Crippen molar-refractivity contribution in [2.24, 2.45) is 0 Å². The lowest BCUT2D eigenvalue weighted by Gasteiger charge is -2.08. The quantitative estimate of drug-likeness (QED) is 0.340. The number of amides is 1. The van der Waals surface area contributed by atoms with Crippen LogP contribution in [-0.4, -0.2) is 50.1 Å². The summed E-state index contributed by atoms with van der Waals surface area (Å²) in [6.45, 7) is 0. The van der Waals surface area contributed by atoms with Gasteiger partial charge in [-0.15, -0.1) is 0 Å². The van der Waals surface area contributed by atoms with E-state index in [1.807, 2.05) is 54.7 Å². The van der Waals surface area contributed by atoms with Gasteiger partial charge in [0.15, 0.2) is 5.82 Å². The lowest BCUT2D eigenvalue weighted by Crippen LogP contribution is -2.22. The van der Waals surface area contributed by atoms with Gasteiger partial charge < -0.3 is 15.2 Å². The van der Waals surface area contributed by atoms with Crippen molar-refractivity contribution in [1.82, 2.24) is 30.0 Å². The van der Waals surface area contributed by atoms with Gasteiger partial charge in [0.1, 0.15) is 11.5 Å². The van der Waals surface area contributed by atoms with Gasteiger partial charge in [0.25, 0.3) is 5.91 Å². The largest absolute Gasteiger partial charge is 0.349 e. The Labute approximate surface area is 194 Å². The number of benzene rings is 2. The first-order valence-electron chi connectivity index (χ1n) is 10.2. The van der Waals surface area contributed by atoms with Crippen LogP contribution < -0.4 is 5.32 Å². The number of nitrogens with one attached hydrogen (secondary N) is 3. The fourth-order valence-electron chi connectivity index (χ4n) is 3.54. The van der Waals surface area contributed by atoms with Crippen LogP contribution >= 0.6 is 11.6 Å². The number of anilines is 2. The summed E-state index contributed by atoms with van der Waals surface area (Å²) in [5.74, 6) is 1.05. The van der Waals surface area contributed by atoms with Gasteiger partial charge >= 0.3 is 0 Å². The lowest BCUT2D eigenvalue weighted by molar-refractivity contribution is 0.0823. The number of hydrogen-bond donors (Lipinski definition) is 3. The standard InChI is InChI=1S/C24H20ClN7O/c1-32(2)24(33)22-21(25)18-8-5-15(11-19(18)30-22)23-26-10-9-20(31-23)29-17-6-3-14(4-7-17)16-12-27-28-13-16/h3-13,30H,1-2H3,(H,27,28)(H,26,29,31). The van der Waals surface area contributed by atoms with E-state index in [1.54, 1.807) is 26.5 Å². The number of rotatable bonds is 5. The molecule has 5 rings (SSSR count). The molecule has 164 valence electrons. The van der Waals surface area contributed by atoms with Crippen LogP contribution in [0.25, 0.3) is 33.4 Å². The minimum Gasteiger partial charge on any atom is -0.349 e. The van der Waals surface area contributed by atoms with Gasteiger partial charge in [-0.3, -0.25) is 9.89 Å². The highest BCUT2D eigenvalue weighted by Gasteiger charge is 2.18. The van der Waals surface area contributed by atoms with Crippen LogP contribution in [0.15, 0.2) is 67.1 Å². The van der Waals surface area contributed by atoms with E-state index >= 15 is 0 Å². The number of fused-ring (bicyclic) bond motifs is 1. The predicted octanol–water partition coefficient (Wildman–Crippen LogP) is 5.11.